The Hall–Kier alpha value is -1.89. The van der Waals surface area contributed by atoms with Crippen molar-refractivity contribution in [2.24, 2.45) is 5.92 Å². The molecule has 1 saturated heterocycles. The molecule has 0 spiro atoms. The molecule has 1 fully saturated rings. The monoisotopic (exact) mass is 342 g/mol. The molecule has 1 N–H and O–H groups in total. The summed E-state index contributed by atoms with van der Waals surface area (Å²) >= 11 is 0. The molecule has 0 bridgehead atoms. The van der Waals surface area contributed by atoms with Gasteiger partial charge in [-0.1, -0.05) is 12.1 Å². The molecule has 1 aliphatic heterocycles. The number of piperidine rings is 1. The Morgan fingerprint density at radius 3 is 2.75 bits per heavy atom. The predicted molar refractivity (Wildman–Crippen MR) is 83.6 cm³/mol. The zero-order chi connectivity index (χ0) is 17.7. The number of halogens is 3. The summed E-state index contributed by atoms with van der Waals surface area (Å²) in [6, 6.07) is 4.61. The summed E-state index contributed by atoms with van der Waals surface area (Å²) in [5, 5.41) is 2.70. The van der Waals surface area contributed by atoms with Crippen LogP contribution in [0.15, 0.2) is 24.3 Å². The number of carbonyl (C=O) groups excluding carboxylic acids is 2. The van der Waals surface area contributed by atoms with Crippen LogP contribution in [0.1, 0.15) is 35.7 Å². The third-order valence-corrected chi connectivity index (χ3v) is 4.15. The van der Waals surface area contributed by atoms with Crippen LogP contribution in [0.2, 0.25) is 0 Å². The second-order valence-electron chi connectivity index (χ2n) is 6.07. The predicted octanol–water partition coefficient (Wildman–Crippen LogP) is 2.74. The summed E-state index contributed by atoms with van der Waals surface area (Å²) in [7, 11) is 0. The number of carbonyl (C=O) groups is 2. The molecule has 0 radical (unpaired) electrons. The van der Waals surface area contributed by atoms with Gasteiger partial charge in [0.1, 0.15) is 0 Å². The van der Waals surface area contributed by atoms with Gasteiger partial charge in [-0.25, -0.2) is 0 Å². The van der Waals surface area contributed by atoms with Crippen molar-refractivity contribution < 1.29 is 22.8 Å². The highest BCUT2D eigenvalue weighted by molar-refractivity contribution is 5.98. The number of likely N-dealkylation sites (tertiary alicyclic amines) is 1. The Kier molecular flexibility index (Phi) is 5.99. The lowest BCUT2D eigenvalue weighted by Crippen LogP contribution is -2.42. The summed E-state index contributed by atoms with van der Waals surface area (Å²) in [6.07, 6.45) is -2.96. The molecule has 1 heterocycles. The number of hydrogen-bond donors (Lipinski definition) is 1. The number of alkyl halides is 3. The third kappa shape index (κ3) is 5.06. The van der Waals surface area contributed by atoms with Crippen molar-refractivity contribution in [2.45, 2.75) is 25.9 Å². The second-order valence-corrected chi connectivity index (χ2v) is 6.07. The molecule has 132 valence electrons. The summed E-state index contributed by atoms with van der Waals surface area (Å²) < 4.78 is 38.4. The minimum atomic E-state index is -4.45. The molecule has 1 atom stereocenters. The Balaban J connectivity index is 2.00. The molecule has 0 aliphatic carbocycles. The molecular weight excluding hydrogens is 321 g/mol. The molecule has 2 rings (SSSR count). The molecule has 24 heavy (non-hydrogen) atoms. The van der Waals surface area contributed by atoms with Crippen molar-refractivity contribution in [1.29, 1.82) is 0 Å². The van der Waals surface area contributed by atoms with Gasteiger partial charge in [0.25, 0.3) is 0 Å². The molecular formula is C17H21F3N2O2. The van der Waals surface area contributed by atoms with Crippen molar-refractivity contribution in [1.82, 2.24) is 10.2 Å². The van der Waals surface area contributed by atoms with E-state index in [-0.39, 0.29) is 23.2 Å². The van der Waals surface area contributed by atoms with Crippen LogP contribution in [0.25, 0.3) is 0 Å². The molecule has 1 aromatic carbocycles. The van der Waals surface area contributed by atoms with Crippen molar-refractivity contribution in [2.75, 3.05) is 26.2 Å². The Bertz CT molecular complexity index is 602. The van der Waals surface area contributed by atoms with Crippen molar-refractivity contribution in [3.63, 3.8) is 0 Å². The fourth-order valence-electron chi connectivity index (χ4n) is 2.95. The first-order valence-corrected chi connectivity index (χ1v) is 7.95. The van der Waals surface area contributed by atoms with Gasteiger partial charge in [-0.15, -0.1) is 0 Å². The van der Waals surface area contributed by atoms with Gasteiger partial charge in [-0.2, -0.15) is 13.2 Å². The average Bonchev–Trinajstić information content (AvgIpc) is 2.53. The van der Waals surface area contributed by atoms with Gasteiger partial charge in [0, 0.05) is 38.0 Å². The second kappa shape index (κ2) is 7.79. The maximum atomic E-state index is 12.8. The number of benzene rings is 1. The highest BCUT2D eigenvalue weighted by Gasteiger charge is 2.32. The Labute approximate surface area is 139 Å². The lowest BCUT2D eigenvalue weighted by molar-refractivity contribution is -0.137. The van der Waals surface area contributed by atoms with E-state index in [9.17, 15) is 22.8 Å². The topological polar surface area (TPSA) is 49.4 Å². The van der Waals surface area contributed by atoms with E-state index in [0.717, 1.165) is 25.1 Å². The lowest BCUT2D eigenvalue weighted by atomic mass is 9.89. The number of ketones is 1. The van der Waals surface area contributed by atoms with Crippen LogP contribution in [-0.4, -0.2) is 42.8 Å². The van der Waals surface area contributed by atoms with E-state index in [0.29, 0.717) is 26.1 Å². The highest BCUT2D eigenvalue weighted by atomic mass is 19.4. The van der Waals surface area contributed by atoms with E-state index in [1.54, 1.807) is 0 Å². The quantitative estimate of drug-likeness (QED) is 0.837. The first-order valence-electron chi connectivity index (χ1n) is 7.95. The van der Waals surface area contributed by atoms with Gasteiger partial charge in [0.15, 0.2) is 5.78 Å². The number of rotatable bonds is 5. The van der Waals surface area contributed by atoms with Crippen LogP contribution in [0.5, 0.6) is 0 Å². The molecule has 1 aliphatic rings. The van der Waals surface area contributed by atoms with Crippen LogP contribution < -0.4 is 5.32 Å². The van der Waals surface area contributed by atoms with E-state index < -0.39 is 11.7 Å². The maximum Gasteiger partial charge on any atom is 0.416 e. The highest BCUT2D eigenvalue weighted by Crippen LogP contribution is 2.30. The SMILES string of the molecule is CC(=O)NCCN1CCC[C@@H](C(=O)c2cccc(C(F)(F)F)c2)C1. The van der Waals surface area contributed by atoms with Gasteiger partial charge < -0.3 is 10.2 Å². The van der Waals surface area contributed by atoms with Gasteiger partial charge in [0.05, 0.1) is 5.56 Å². The van der Waals surface area contributed by atoms with Crippen molar-refractivity contribution in [3.05, 3.63) is 35.4 Å². The maximum absolute atomic E-state index is 12.8. The minimum absolute atomic E-state index is 0.108. The standard InChI is InChI=1S/C17H21F3N2O2/c1-12(23)21-7-9-22-8-3-5-14(11-22)16(24)13-4-2-6-15(10-13)17(18,19)20/h2,4,6,10,14H,3,5,7-9,11H2,1H3,(H,21,23)/t14-/m1/s1. The number of hydrogen-bond acceptors (Lipinski definition) is 3. The zero-order valence-corrected chi connectivity index (χ0v) is 13.5. The zero-order valence-electron chi connectivity index (χ0n) is 13.5. The van der Waals surface area contributed by atoms with Crippen molar-refractivity contribution in [3.8, 4) is 0 Å². The number of nitrogens with zero attached hydrogens (tertiary/aromatic N) is 1. The van der Waals surface area contributed by atoms with Crippen molar-refractivity contribution >= 4 is 11.7 Å². The first-order chi connectivity index (χ1) is 11.3. The smallest absolute Gasteiger partial charge is 0.355 e. The van der Waals surface area contributed by atoms with Gasteiger partial charge in [-0.3, -0.25) is 9.59 Å². The fourth-order valence-corrected chi connectivity index (χ4v) is 2.95. The lowest BCUT2D eigenvalue weighted by Gasteiger charge is -2.32. The molecule has 1 amide bonds. The number of amides is 1. The van der Waals surface area contributed by atoms with Crippen LogP contribution in [0.3, 0.4) is 0 Å². The van der Waals surface area contributed by atoms with Gasteiger partial charge in [0.2, 0.25) is 5.91 Å². The molecule has 7 heteroatoms. The van der Waals surface area contributed by atoms with Gasteiger partial charge >= 0.3 is 6.18 Å². The molecule has 0 unspecified atom stereocenters. The van der Waals surface area contributed by atoms with E-state index in [2.05, 4.69) is 10.2 Å². The Morgan fingerprint density at radius 2 is 2.08 bits per heavy atom. The van der Waals surface area contributed by atoms with E-state index >= 15 is 0 Å². The van der Waals surface area contributed by atoms with Crippen LogP contribution in [0.4, 0.5) is 13.2 Å². The molecule has 1 aromatic rings. The summed E-state index contributed by atoms with van der Waals surface area (Å²) in [5.74, 6) is -0.659. The average molecular weight is 342 g/mol. The summed E-state index contributed by atoms with van der Waals surface area (Å²) in [4.78, 5) is 25.5. The van der Waals surface area contributed by atoms with Gasteiger partial charge in [-0.05, 0) is 31.5 Å². The van der Waals surface area contributed by atoms with E-state index in [4.69, 9.17) is 0 Å². The Morgan fingerprint density at radius 1 is 1.33 bits per heavy atom. The summed E-state index contributed by atoms with van der Waals surface area (Å²) in [5.41, 5.74) is -0.690. The fraction of sp³-hybridized carbons (Fsp3) is 0.529. The largest absolute Gasteiger partial charge is 0.416 e. The minimum Gasteiger partial charge on any atom is -0.355 e. The summed E-state index contributed by atoms with van der Waals surface area (Å²) in [6.45, 7) is 3.91. The van der Waals surface area contributed by atoms with E-state index in [1.165, 1.54) is 19.1 Å². The number of nitrogens with one attached hydrogen (secondary N) is 1. The van der Waals surface area contributed by atoms with E-state index in [1.807, 2.05) is 0 Å². The normalized spacial score (nSPS) is 19.1. The van der Waals surface area contributed by atoms with Crippen LogP contribution >= 0.6 is 0 Å². The third-order valence-electron chi connectivity index (χ3n) is 4.15. The van der Waals surface area contributed by atoms with Crippen LogP contribution in [-0.2, 0) is 11.0 Å². The molecule has 0 aromatic heterocycles. The number of Topliss-reactive ketones (excluding diaryl/α,β-unsaturated/α-hetero) is 1. The molecule has 4 nitrogen and oxygen atoms in total. The molecule has 0 saturated carbocycles. The van der Waals surface area contributed by atoms with Crippen LogP contribution in [0, 0.1) is 5.92 Å². The first kappa shape index (κ1) is 18.4.